The van der Waals surface area contributed by atoms with Crippen LogP contribution >= 0.6 is 0 Å². The van der Waals surface area contributed by atoms with Crippen molar-refractivity contribution in [2.75, 3.05) is 15.8 Å². The van der Waals surface area contributed by atoms with Gasteiger partial charge in [-0.05, 0) is 50.5 Å². The highest BCUT2D eigenvalue weighted by Gasteiger charge is 2.10. The second kappa shape index (κ2) is 6.95. The van der Waals surface area contributed by atoms with Gasteiger partial charge in [-0.2, -0.15) is 0 Å². The molecule has 0 bridgehead atoms. The van der Waals surface area contributed by atoms with Gasteiger partial charge in [0.1, 0.15) is 0 Å². The van der Waals surface area contributed by atoms with Crippen molar-refractivity contribution in [3.63, 3.8) is 0 Å². The summed E-state index contributed by atoms with van der Waals surface area (Å²) in [5.41, 5.74) is 4.44. The number of hydrogen-bond acceptors (Lipinski definition) is 5. The summed E-state index contributed by atoms with van der Waals surface area (Å²) in [7, 11) is -3.35. The molecule has 2 aromatic rings. The summed E-state index contributed by atoms with van der Waals surface area (Å²) in [6.45, 7) is 7.93. The van der Waals surface area contributed by atoms with E-state index in [0.717, 1.165) is 16.8 Å². The standard InChI is InChI=1S/C16H22N4O2S/c1-5-8-23(21,22)20-15-7-6-14(18-19-15)17-16-12(3)9-11(2)10-13(16)4/h6-7,9-10H,5,8H2,1-4H3,(H,17,18)(H,19,20). The summed E-state index contributed by atoms with van der Waals surface area (Å²) in [5, 5.41) is 11.2. The fourth-order valence-corrected chi connectivity index (χ4v) is 3.50. The van der Waals surface area contributed by atoms with Crippen molar-refractivity contribution >= 4 is 27.3 Å². The zero-order valence-electron chi connectivity index (χ0n) is 13.8. The summed E-state index contributed by atoms with van der Waals surface area (Å²) in [5.74, 6) is 0.857. The molecule has 0 saturated carbocycles. The third-order valence-corrected chi connectivity index (χ3v) is 4.79. The zero-order chi connectivity index (χ0) is 17.0. The lowest BCUT2D eigenvalue weighted by Crippen LogP contribution is -2.17. The largest absolute Gasteiger partial charge is 0.338 e. The van der Waals surface area contributed by atoms with Crippen LogP contribution in [0.15, 0.2) is 24.3 Å². The minimum absolute atomic E-state index is 0.0659. The van der Waals surface area contributed by atoms with E-state index in [-0.39, 0.29) is 11.6 Å². The molecule has 0 unspecified atom stereocenters. The van der Waals surface area contributed by atoms with E-state index in [4.69, 9.17) is 0 Å². The first-order valence-corrected chi connectivity index (χ1v) is 9.15. The lowest BCUT2D eigenvalue weighted by molar-refractivity contribution is 0.599. The van der Waals surface area contributed by atoms with Crippen LogP contribution in [0.3, 0.4) is 0 Å². The van der Waals surface area contributed by atoms with Crippen molar-refractivity contribution in [1.29, 1.82) is 0 Å². The van der Waals surface area contributed by atoms with Crippen molar-refractivity contribution in [3.8, 4) is 0 Å². The molecule has 0 aliphatic carbocycles. The van der Waals surface area contributed by atoms with Gasteiger partial charge in [-0.15, -0.1) is 10.2 Å². The Morgan fingerprint density at radius 1 is 1.00 bits per heavy atom. The average molecular weight is 334 g/mol. The lowest BCUT2D eigenvalue weighted by atomic mass is 10.1. The minimum Gasteiger partial charge on any atom is -0.338 e. The van der Waals surface area contributed by atoms with Crippen molar-refractivity contribution in [2.45, 2.75) is 34.1 Å². The molecule has 6 nitrogen and oxygen atoms in total. The number of aryl methyl sites for hydroxylation is 3. The second-order valence-corrected chi connectivity index (χ2v) is 7.47. The quantitative estimate of drug-likeness (QED) is 0.847. The van der Waals surface area contributed by atoms with Crippen LogP contribution in [0.2, 0.25) is 0 Å². The molecule has 2 rings (SSSR count). The highest BCUT2D eigenvalue weighted by molar-refractivity contribution is 7.92. The fraction of sp³-hybridized carbons (Fsp3) is 0.375. The van der Waals surface area contributed by atoms with Gasteiger partial charge in [-0.1, -0.05) is 24.6 Å². The molecule has 0 radical (unpaired) electrons. The van der Waals surface area contributed by atoms with Crippen LogP contribution in [0.5, 0.6) is 0 Å². The summed E-state index contributed by atoms with van der Waals surface area (Å²) in [4.78, 5) is 0. The Morgan fingerprint density at radius 3 is 2.09 bits per heavy atom. The number of benzene rings is 1. The van der Waals surface area contributed by atoms with Crippen molar-refractivity contribution in [3.05, 3.63) is 41.0 Å². The second-order valence-electron chi connectivity index (χ2n) is 5.62. The Labute approximate surface area is 137 Å². The molecule has 7 heteroatoms. The fourth-order valence-electron chi connectivity index (χ4n) is 2.44. The first-order valence-electron chi connectivity index (χ1n) is 7.50. The molecule has 0 aliphatic heterocycles. The van der Waals surface area contributed by atoms with Gasteiger partial charge in [0.25, 0.3) is 0 Å². The Morgan fingerprint density at radius 2 is 1.57 bits per heavy atom. The van der Waals surface area contributed by atoms with Gasteiger partial charge in [-0.3, -0.25) is 4.72 Å². The van der Waals surface area contributed by atoms with Gasteiger partial charge in [0.05, 0.1) is 5.75 Å². The van der Waals surface area contributed by atoms with Crippen molar-refractivity contribution < 1.29 is 8.42 Å². The van der Waals surface area contributed by atoms with Crippen LogP contribution in [0.25, 0.3) is 0 Å². The monoisotopic (exact) mass is 334 g/mol. The maximum Gasteiger partial charge on any atom is 0.233 e. The van der Waals surface area contributed by atoms with Crippen LogP contribution in [-0.2, 0) is 10.0 Å². The Bertz CT molecular complexity index is 763. The van der Waals surface area contributed by atoms with Crippen molar-refractivity contribution in [2.24, 2.45) is 0 Å². The maximum absolute atomic E-state index is 11.7. The SMILES string of the molecule is CCCS(=O)(=O)Nc1ccc(Nc2c(C)cc(C)cc2C)nn1. The number of nitrogens with one attached hydrogen (secondary N) is 2. The number of sulfonamides is 1. The molecule has 1 aromatic heterocycles. The molecule has 23 heavy (non-hydrogen) atoms. The van der Waals surface area contributed by atoms with Crippen LogP contribution in [-0.4, -0.2) is 24.4 Å². The average Bonchev–Trinajstić information content (AvgIpc) is 2.44. The van der Waals surface area contributed by atoms with Crippen LogP contribution < -0.4 is 10.0 Å². The highest BCUT2D eigenvalue weighted by Crippen LogP contribution is 2.25. The molecule has 1 heterocycles. The Kier molecular flexibility index (Phi) is 5.20. The predicted octanol–water partition coefficient (Wildman–Crippen LogP) is 3.30. The maximum atomic E-state index is 11.7. The molecule has 0 amide bonds. The highest BCUT2D eigenvalue weighted by atomic mass is 32.2. The molecular weight excluding hydrogens is 312 g/mol. The molecular formula is C16H22N4O2S. The van der Waals surface area contributed by atoms with E-state index in [2.05, 4.69) is 39.3 Å². The first kappa shape index (κ1) is 17.2. The van der Waals surface area contributed by atoms with E-state index in [9.17, 15) is 8.42 Å². The molecule has 0 atom stereocenters. The molecule has 0 spiro atoms. The Hall–Kier alpha value is -2.15. The van der Waals surface area contributed by atoms with E-state index in [1.165, 1.54) is 5.56 Å². The molecule has 124 valence electrons. The van der Waals surface area contributed by atoms with E-state index >= 15 is 0 Å². The van der Waals surface area contributed by atoms with Gasteiger partial charge in [0.2, 0.25) is 10.0 Å². The van der Waals surface area contributed by atoms with Crippen LogP contribution in [0.4, 0.5) is 17.3 Å². The molecule has 1 aromatic carbocycles. The summed E-state index contributed by atoms with van der Waals surface area (Å²) in [6.07, 6.45) is 0.550. The predicted molar refractivity (Wildman–Crippen MR) is 93.7 cm³/mol. The van der Waals surface area contributed by atoms with Gasteiger partial charge >= 0.3 is 0 Å². The van der Waals surface area contributed by atoms with Gasteiger partial charge < -0.3 is 5.32 Å². The summed E-state index contributed by atoms with van der Waals surface area (Å²) in [6, 6.07) is 7.49. The van der Waals surface area contributed by atoms with Gasteiger partial charge in [-0.25, -0.2) is 8.42 Å². The van der Waals surface area contributed by atoms with E-state index in [1.807, 2.05) is 20.8 Å². The van der Waals surface area contributed by atoms with E-state index in [1.54, 1.807) is 12.1 Å². The summed E-state index contributed by atoms with van der Waals surface area (Å²) < 4.78 is 25.8. The van der Waals surface area contributed by atoms with Crippen LogP contribution in [0, 0.1) is 20.8 Å². The summed E-state index contributed by atoms with van der Waals surface area (Å²) >= 11 is 0. The number of anilines is 3. The topological polar surface area (TPSA) is 84.0 Å². The Balaban J connectivity index is 2.15. The molecule has 0 aliphatic rings. The molecule has 0 fully saturated rings. The van der Waals surface area contributed by atoms with Gasteiger partial charge in [0.15, 0.2) is 11.6 Å². The third-order valence-electron chi connectivity index (χ3n) is 3.33. The zero-order valence-corrected chi connectivity index (χ0v) is 14.7. The van der Waals surface area contributed by atoms with E-state index in [0.29, 0.717) is 12.2 Å². The first-order chi connectivity index (χ1) is 10.8. The molecule has 0 saturated heterocycles. The number of nitrogens with zero attached hydrogens (tertiary/aromatic N) is 2. The third kappa shape index (κ3) is 4.66. The van der Waals surface area contributed by atoms with Crippen LogP contribution in [0.1, 0.15) is 30.0 Å². The normalized spacial score (nSPS) is 11.3. The van der Waals surface area contributed by atoms with Gasteiger partial charge in [0, 0.05) is 5.69 Å². The van der Waals surface area contributed by atoms with E-state index < -0.39 is 10.0 Å². The smallest absolute Gasteiger partial charge is 0.233 e. The van der Waals surface area contributed by atoms with Crippen molar-refractivity contribution in [1.82, 2.24) is 10.2 Å². The number of aromatic nitrogens is 2. The number of hydrogen-bond donors (Lipinski definition) is 2. The molecule has 2 N–H and O–H groups in total. The minimum atomic E-state index is -3.35. The lowest BCUT2D eigenvalue weighted by Gasteiger charge is -2.13. The number of rotatable bonds is 6.